The largest absolute Gasteiger partial charge is 0.481 e. The van der Waals surface area contributed by atoms with Crippen LogP contribution >= 0.6 is 0 Å². The van der Waals surface area contributed by atoms with Crippen molar-refractivity contribution in [1.29, 1.82) is 0 Å². The molecule has 1 saturated heterocycles. The third-order valence-corrected chi connectivity index (χ3v) is 5.32. The van der Waals surface area contributed by atoms with Gasteiger partial charge < -0.3 is 19.7 Å². The molecular formula is C22H31FN4O3. The number of rotatable bonds is 6. The van der Waals surface area contributed by atoms with E-state index in [4.69, 9.17) is 9.47 Å². The normalized spacial score (nSPS) is 19.8. The molecule has 1 unspecified atom stereocenters. The van der Waals surface area contributed by atoms with Gasteiger partial charge in [0.1, 0.15) is 11.4 Å². The molecule has 164 valence electrons. The molecule has 3 heterocycles. The standard InChI is InChI=1S/C22H31FN4O3/c1-21(2,3)30-20(28)25-13-22(4)9-11-27(14-22)10-8-15-16(23)12-24-17-6-7-18(29-5)26-19(15)17/h6-7,12H,8-11,13-14H2,1-5H3,(H,25,28). The number of halogens is 1. The second-order valence-corrected chi connectivity index (χ2v) is 9.25. The summed E-state index contributed by atoms with van der Waals surface area (Å²) in [6.45, 7) is 10.7. The van der Waals surface area contributed by atoms with Crippen LogP contribution in [0.3, 0.4) is 0 Å². The van der Waals surface area contributed by atoms with E-state index in [0.29, 0.717) is 42.0 Å². The van der Waals surface area contributed by atoms with E-state index < -0.39 is 11.7 Å². The van der Waals surface area contributed by atoms with Crippen LogP contribution in [0.2, 0.25) is 0 Å². The topological polar surface area (TPSA) is 76.6 Å². The molecule has 1 aliphatic rings. The highest BCUT2D eigenvalue weighted by Crippen LogP contribution is 2.30. The minimum atomic E-state index is -0.513. The number of amides is 1. The number of pyridine rings is 2. The Morgan fingerprint density at radius 1 is 1.37 bits per heavy atom. The molecule has 7 nitrogen and oxygen atoms in total. The van der Waals surface area contributed by atoms with Crippen LogP contribution in [0, 0.1) is 11.2 Å². The zero-order chi connectivity index (χ0) is 21.9. The first-order valence-electron chi connectivity index (χ1n) is 10.3. The molecule has 2 aromatic heterocycles. The van der Waals surface area contributed by atoms with Crippen molar-refractivity contribution in [1.82, 2.24) is 20.2 Å². The van der Waals surface area contributed by atoms with E-state index in [0.717, 1.165) is 19.5 Å². The first-order chi connectivity index (χ1) is 14.1. The van der Waals surface area contributed by atoms with Crippen LogP contribution in [-0.2, 0) is 11.2 Å². The Balaban J connectivity index is 1.60. The van der Waals surface area contributed by atoms with Gasteiger partial charge in [0.05, 0.1) is 24.3 Å². The summed E-state index contributed by atoms with van der Waals surface area (Å²) in [6, 6.07) is 3.51. The number of nitrogens with zero attached hydrogens (tertiary/aromatic N) is 3. The van der Waals surface area contributed by atoms with Crippen molar-refractivity contribution in [3.8, 4) is 5.88 Å². The van der Waals surface area contributed by atoms with E-state index in [2.05, 4.69) is 27.1 Å². The summed E-state index contributed by atoms with van der Waals surface area (Å²) in [5.74, 6) is 0.0925. The summed E-state index contributed by atoms with van der Waals surface area (Å²) >= 11 is 0. The Bertz CT molecular complexity index is 915. The van der Waals surface area contributed by atoms with E-state index in [-0.39, 0.29) is 11.2 Å². The van der Waals surface area contributed by atoms with Gasteiger partial charge in [-0.05, 0) is 51.6 Å². The van der Waals surface area contributed by atoms with Gasteiger partial charge in [0.2, 0.25) is 5.88 Å². The van der Waals surface area contributed by atoms with E-state index in [9.17, 15) is 9.18 Å². The molecule has 0 spiro atoms. The van der Waals surface area contributed by atoms with Gasteiger partial charge in [-0.3, -0.25) is 4.98 Å². The molecule has 0 radical (unpaired) electrons. The van der Waals surface area contributed by atoms with E-state index in [1.165, 1.54) is 13.3 Å². The number of nitrogens with one attached hydrogen (secondary N) is 1. The lowest BCUT2D eigenvalue weighted by atomic mass is 9.90. The maximum absolute atomic E-state index is 14.5. The average molecular weight is 419 g/mol. The number of ether oxygens (including phenoxy) is 2. The molecule has 8 heteroatoms. The van der Waals surface area contributed by atoms with Gasteiger partial charge >= 0.3 is 6.09 Å². The Morgan fingerprint density at radius 3 is 2.83 bits per heavy atom. The Kier molecular flexibility index (Phi) is 6.45. The number of hydrogen-bond donors (Lipinski definition) is 1. The minimum absolute atomic E-state index is 0.0444. The molecular weight excluding hydrogens is 387 g/mol. The second-order valence-electron chi connectivity index (χ2n) is 9.25. The van der Waals surface area contributed by atoms with Crippen molar-refractivity contribution in [2.45, 2.75) is 46.1 Å². The maximum Gasteiger partial charge on any atom is 0.407 e. The molecule has 1 atom stereocenters. The van der Waals surface area contributed by atoms with E-state index >= 15 is 0 Å². The van der Waals surface area contributed by atoms with Crippen molar-refractivity contribution in [3.05, 3.63) is 29.7 Å². The van der Waals surface area contributed by atoms with Crippen molar-refractivity contribution in [2.24, 2.45) is 5.41 Å². The highest BCUT2D eigenvalue weighted by Gasteiger charge is 2.34. The molecule has 2 aromatic rings. The molecule has 3 rings (SSSR count). The SMILES string of the molecule is COc1ccc2ncc(F)c(CCN3CCC(C)(CNC(=O)OC(C)(C)C)C3)c2n1. The highest BCUT2D eigenvalue weighted by atomic mass is 19.1. The lowest BCUT2D eigenvalue weighted by Crippen LogP contribution is -2.40. The van der Waals surface area contributed by atoms with Gasteiger partial charge in [0.15, 0.2) is 0 Å². The van der Waals surface area contributed by atoms with Gasteiger partial charge in [0.25, 0.3) is 0 Å². The zero-order valence-corrected chi connectivity index (χ0v) is 18.4. The summed E-state index contributed by atoms with van der Waals surface area (Å²) < 4.78 is 25.0. The lowest BCUT2D eigenvalue weighted by Gasteiger charge is -2.26. The lowest BCUT2D eigenvalue weighted by molar-refractivity contribution is 0.0504. The van der Waals surface area contributed by atoms with Crippen LogP contribution in [0.25, 0.3) is 11.0 Å². The number of carbonyl (C=O) groups excluding carboxylic acids is 1. The molecule has 0 aliphatic carbocycles. The molecule has 1 fully saturated rings. The summed E-state index contributed by atoms with van der Waals surface area (Å²) in [7, 11) is 1.54. The predicted octanol–water partition coefficient (Wildman–Crippen LogP) is 3.56. The van der Waals surface area contributed by atoms with Crippen LogP contribution in [0.4, 0.5) is 9.18 Å². The molecule has 1 amide bonds. The van der Waals surface area contributed by atoms with Crippen LogP contribution in [0.15, 0.2) is 18.3 Å². The van der Waals surface area contributed by atoms with Gasteiger partial charge in [-0.25, -0.2) is 14.2 Å². The van der Waals surface area contributed by atoms with Crippen molar-refractivity contribution >= 4 is 17.1 Å². The van der Waals surface area contributed by atoms with Gasteiger partial charge in [-0.1, -0.05) is 6.92 Å². The van der Waals surface area contributed by atoms with Crippen LogP contribution in [0.1, 0.15) is 39.7 Å². The summed E-state index contributed by atoms with van der Waals surface area (Å²) in [6.07, 6.45) is 2.34. The highest BCUT2D eigenvalue weighted by molar-refractivity contribution is 5.78. The van der Waals surface area contributed by atoms with E-state index in [1.807, 2.05) is 20.8 Å². The number of likely N-dealkylation sites (tertiary alicyclic amines) is 1. The van der Waals surface area contributed by atoms with Gasteiger partial charge in [-0.15, -0.1) is 0 Å². The quantitative estimate of drug-likeness (QED) is 0.773. The fraction of sp³-hybridized carbons (Fsp3) is 0.591. The third kappa shape index (κ3) is 5.56. The first kappa shape index (κ1) is 22.2. The molecule has 0 aromatic carbocycles. The average Bonchev–Trinajstić information content (AvgIpc) is 3.05. The fourth-order valence-electron chi connectivity index (χ4n) is 3.76. The van der Waals surface area contributed by atoms with Crippen LogP contribution in [-0.4, -0.2) is 59.9 Å². The molecule has 30 heavy (non-hydrogen) atoms. The van der Waals surface area contributed by atoms with Crippen molar-refractivity contribution in [2.75, 3.05) is 33.3 Å². The third-order valence-electron chi connectivity index (χ3n) is 5.32. The van der Waals surface area contributed by atoms with Crippen LogP contribution < -0.4 is 10.1 Å². The number of carbonyl (C=O) groups is 1. The number of methoxy groups -OCH3 is 1. The zero-order valence-electron chi connectivity index (χ0n) is 18.4. The molecule has 0 bridgehead atoms. The van der Waals surface area contributed by atoms with Crippen molar-refractivity contribution in [3.63, 3.8) is 0 Å². The number of alkyl carbamates (subject to hydrolysis) is 1. The Hall–Kier alpha value is -2.48. The molecule has 0 saturated carbocycles. The number of aromatic nitrogens is 2. The summed E-state index contributed by atoms with van der Waals surface area (Å²) in [5, 5.41) is 2.88. The van der Waals surface area contributed by atoms with Crippen LogP contribution in [0.5, 0.6) is 5.88 Å². The number of fused-ring (bicyclic) bond motifs is 1. The Morgan fingerprint density at radius 2 is 2.13 bits per heavy atom. The number of hydrogen-bond acceptors (Lipinski definition) is 6. The van der Waals surface area contributed by atoms with Gasteiger partial charge in [0, 0.05) is 31.3 Å². The smallest absolute Gasteiger partial charge is 0.407 e. The van der Waals surface area contributed by atoms with Gasteiger partial charge in [-0.2, -0.15) is 0 Å². The first-order valence-corrected chi connectivity index (χ1v) is 10.3. The summed E-state index contributed by atoms with van der Waals surface area (Å²) in [4.78, 5) is 22.8. The Labute approximate surface area is 177 Å². The minimum Gasteiger partial charge on any atom is -0.481 e. The maximum atomic E-state index is 14.5. The summed E-state index contributed by atoms with van der Waals surface area (Å²) in [5.41, 5.74) is 1.19. The molecule has 1 aliphatic heterocycles. The van der Waals surface area contributed by atoms with Crippen molar-refractivity contribution < 1.29 is 18.7 Å². The van der Waals surface area contributed by atoms with E-state index in [1.54, 1.807) is 12.1 Å². The fourth-order valence-corrected chi connectivity index (χ4v) is 3.76. The molecule has 1 N–H and O–H groups in total. The second kappa shape index (κ2) is 8.71. The monoisotopic (exact) mass is 418 g/mol. The predicted molar refractivity (Wildman–Crippen MR) is 113 cm³/mol.